The summed E-state index contributed by atoms with van der Waals surface area (Å²) in [5.74, 6) is 1.24. The minimum atomic E-state index is -0.350. The maximum absolute atomic E-state index is 12.1. The highest BCUT2D eigenvalue weighted by Gasteiger charge is 2.17. The van der Waals surface area contributed by atoms with Crippen LogP contribution >= 0.6 is 0 Å². The van der Waals surface area contributed by atoms with Crippen molar-refractivity contribution >= 4 is 12.0 Å². The highest BCUT2D eigenvalue weighted by Crippen LogP contribution is 2.29. The predicted molar refractivity (Wildman–Crippen MR) is 118 cm³/mol. The number of ether oxygens (including phenoxy) is 3. The molecule has 0 fully saturated rings. The van der Waals surface area contributed by atoms with Crippen LogP contribution in [0.5, 0.6) is 17.2 Å². The van der Waals surface area contributed by atoms with Gasteiger partial charge in [0.25, 0.3) is 0 Å². The molecule has 0 aliphatic heterocycles. The summed E-state index contributed by atoms with van der Waals surface area (Å²) in [6.45, 7) is 7.06. The van der Waals surface area contributed by atoms with E-state index in [1.807, 2.05) is 18.2 Å². The van der Waals surface area contributed by atoms with Gasteiger partial charge in [-0.15, -0.1) is 0 Å². The Labute approximate surface area is 178 Å². The molecule has 5 heteroatoms. The van der Waals surface area contributed by atoms with Gasteiger partial charge in [-0.25, -0.2) is 0 Å². The van der Waals surface area contributed by atoms with E-state index in [-0.39, 0.29) is 17.8 Å². The fourth-order valence-electron chi connectivity index (χ4n) is 2.79. The smallest absolute Gasteiger partial charge is 0.311 e. The van der Waals surface area contributed by atoms with Gasteiger partial charge in [-0.3, -0.25) is 4.79 Å². The summed E-state index contributed by atoms with van der Waals surface area (Å²) >= 11 is 0. The Kier molecular flexibility index (Phi) is 8.49. The molecule has 0 spiro atoms. The van der Waals surface area contributed by atoms with E-state index in [0.29, 0.717) is 24.5 Å². The first-order valence-electron chi connectivity index (χ1n) is 10.1. The zero-order valence-corrected chi connectivity index (χ0v) is 18.1. The number of esters is 1. The Bertz CT molecular complexity index is 908. The molecule has 158 valence electrons. The molecule has 0 radical (unpaired) electrons. The van der Waals surface area contributed by atoms with Gasteiger partial charge in [-0.1, -0.05) is 39.0 Å². The van der Waals surface area contributed by atoms with Crippen LogP contribution in [0.2, 0.25) is 0 Å². The third-order valence-corrected chi connectivity index (χ3v) is 5.08. The second-order valence-electron chi connectivity index (χ2n) is 7.56. The van der Waals surface area contributed by atoms with E-state index in [2.05, 4.69) is 32.9 Å². The van der Waals surface area contributed by atoms with Crippen molar-refractivity contribution in [1.29, 1.82) is 5.26 Å². The molecule has 2 rings (SSSR count). The third-order valence-electron chi connectivity index (χ3n) is 5.08. The van der Waals surface area contributed by atoms with Crippen molar-refractivity contribution in [2.75, 3.05) is 13.7 Å². The van der Waals surface area contributed by atoms with E-state index in [4.69, 9.17) is 19.5 Å². The first-order valence-corrected chi connectivity index (χ1v) is 10.1. The highest BCUT2D eigenvalue weighted by atomic mass is 16.6. The number of hydrogen-bond donors (Lipinski definition) is 0. The third kappa shape index (κ3) is 6.66. The van der Waals surface area contributed by atoms with E-state index >= 15 is 0 Å². The highest BCUT2D eigenvalue weighted by molar-refractivity contribution is 5.73. The van der Waals surface area contributed by atoms with E-state index < -0.39 is 0 Å². The lowest BCUT2D eigenvalue weighted by Gasteiger charge is -2.23. The predicted octanol–water partition coefficient (Wildman–Crippen LogP) is 5.68. The fourth-order valence-corrected chi connectivity index (χ4v) is 2.79. The monoisotopic (exact) mass is 407 g/mol. The van der Waals surface area contributed by atoms with E-state index in [1.54, 1.807) is 24.3 Å². The van der Waals surface area contributed by atoms with Crippen LogP contribution in [0.15, 0.2) is 48.5 Å². The average molecular weight is 408 g/mol. The molecule has 0 aliphatic rings. The van der Waals surface area contributed by atoms with Crippen molar-refractivity contribution in [1.82, 2.24) is 0 Å². The molecule has 0 saturated carbocycles. The summed E-state index contributed by atoms with van der Waals surface area (Å²) in [5.41, 5.74) is 2.21. The fraction of sp³-hybridized carbons (Fsp3) is 0.360. The quantitative estimate of drug-likeness (QED) is 0.219. The maximum atomic E-state index is 12.1. The lowest BCUT2D eigenvalue weighted by atomic mass is 9.82. The minimum absolute atomic E-state index is 0.146. The van der Waals surface area contributed by atoms with Gasteiger partial charge in [0.05, 0.1) is 19.8 Å². The van der Waals surface area contributed by atoms with Gasteiger partial charge < -0.3 is 14.2 Å². The van der Waals surface area contributed by atoms with Gasteiger partial charge in [-0.2, -0.15) is 5.26 Å². The summed E-state index contributed by atoms with van der Waals surface area (Å²) in [5, 5.41) is 8.61. The summed E-state index contributed by atoms with van der Waals surface area (Å²) in [6, 6.07) is 15.2. The van der Waals surface area contributed by atoms with Crippen LogP contribution in [0.1, 0.15) is 51.2 Å². The number of nitriles is 1. The van der Waals surface area contributed by atoms with Crippen molar-refractivity contribution < 1.29 is 19.0 Å². The van der Waals surface area contributed by atoms with Crippen LogP contribution in [-0.2, 0) is 10.2 Å². The number of nitrogens with zero attached hydrogens (tertiary/aromatic N) is 1. The molecule has 2 aromatic rings. The molecule has 0 saturated heterocycles. The number of allylic oxidation sites excluding steroid dienone is 1. The average Bonchev–Trinajstić information content (AvgIpc) is 2.76. The van der Waals surface area contributed by atoms with Crippen molar-refractivity contribution in [3.63, 3.8) is 0 Å². The van der Waals surface area contributed by atoms with E-state index in [9.17, 15) is 4.79 Å². The first-order chi connectivity index (χ1) is 14.4. The van der Waals surface area contributed by atoms with Gasteiger partial charge in [0, 0.05) is 12.5 Å². The number of hydrogen-bond acceptors (Lipinski definition) is 5. The zero-order chi connectivity index (χ0) is 22.0. The topological polar surface area (TPSA) is 68.5 Å². The number of methoxy groups -OCH3 is 1. The van der Waals surface area contributed by atoms with Crippen LogP contribution in [0, 0.1) is 11.3 Å². The van der Waals surface area contributed by atoms with Crippen LogP contribution in [-0.4, -0.2) is 19.7 Å². The number of benzene rings is 2. The molecule has 0 aliphatic carbocycles. The minimum Gasteiger partial charge on any atom is -0.494 e. The van der Waals surface area contributed by atoms with Crippen LogP contribution in [0.3, 0.4) is 0 Å². The maximum Gasteiger partial charge on any atom is 0.311 e. The number of rotatable bonds is 10. The molecule has 0 heterocycles. The van der Waals surface area contributed by atoms with Crippen molar-refractivity contribution in [2.45, 2.75) is 45.4 Å². The second-order valence-corrected chi connectivity index (χ2v) is 7.56. The Hall–Kier alpha value is -3.26. The van der Waals surface area contributed by atoms with E-state index in [1.165, 1.54) is 18.7 Å². The lowest BCUT2D eigenvalue weighted by Crippen LogP contribution is -2.15. The Balaban J connectivity index is 1.81. The Morgan fingerprint density at radius 1 is 1.13 bits per heavy atom. The molecule has 5 nitrogen and oxygen atoms in total. The van der Waals surface area contributed by atoms with Crippen molar-refractivity contribution in [2.24, 2.45) is 0 Å². The standard InChI is InChI=1S/C25H29NO4/c1-5-25(2,3)20-11-13-21(14-12-20)29-17-7-9-24(27)30-22-15-10-19(8-6-16-26)18-23(22)28-4/h6,8,10-15,18H,5,7,9,17H2,1-4H3/b8-6-. The number of carbonyl (C=O) groups is 1. The molecule has 30 heavy (non-hydrogen) atoms. The van der Waals surface area contributed by atoms with Gasteiger partial charge in [-0.05, 0) is 59.7 Å². The Morgan fingerprint density at radius 3 is 2.50 bits per heavy atom. The van der Waals surface area contributed by atoms with Gasteiger partial charge in [0.15, 0.2) is 11.5 Å². The van der Waals surface area contributed by atoms with Crippen LogP contribution < -0.4 is 14.2 Å². The van der Waals surface area contributed by atoms with Crippen molar-refractivity contribution in [3.05, 3.63) is 59.7 Å². The van der Waals surface area contributed by atoms with Gasteiger partial charge in [0.1, 0.15) is 5.75 Å². The molecule has 0 N–H and O–H groups in total. The molecule has 0 amide bonds. The molecular weight excluding hydrogens is 378 g/mol. The summed E-state index contributed by atoms with van der Waals surface area (Å²) in [6.07, 6.45) is 4.88. The molecule has 0 atom stereocenters. The second kappa shape index (κ2) is 11.1. The zero-order valence-electron chi connectivity index (χ0n) is 18.1. The van der Waals surface area contributed by atoms with Gasteiger partial charge >= 0.3 is 5.97 Å². The SMILES string of the molecule is CCC(C)(C)c1ccc(OCCCC(=O)Oc2ccc(/C=C\C#N)cc2OC)cc1. The van der Waals surface area contributed by atoms with Crippen LogP contribution in [0.4, 0.5) is 0 Å². The van der Waals surface area contributed by atoms with Gasteiger partial charge in [0.2, 0.25) is 0 Å². The Morgan fingerprint density at radius 2 is 1.87 bits per heavy atom. The summed E-state index contributed by atoms with van der Waals surface area (Å²) in [4.78, 5) is 12.1. The molecule has 0 bridgehead atoms. The summed E-state index contributed by atoms with van der Waals surface area (Å²) < 4.78 is 16.4. The number of carbonyl (C=O) groups excluding carboxylic acids is 1. The first kappa shape index (κ1) is 23.0. The van der Waals surface area contributed by atoms with E-state index in [0.717, 1.165) is 17.7 Å². The lowest BCUT2D eigenvalue weighted by molar-refractivity contribution is -0.134. The van der Waals surface area contributed by atoms with Crippen LogP contribution in [0.25, 0.3) is 6.08 Å². The summed E-state index contributed by atoms with van der Waals surface area (Å²) in [7, 11) is 1.51. The normalized spacial score (nSPS) is 11.2. The molecule has 0 unspecified atom stereocenters. The largest absolute Gasteiger partial charge is 0.494 e. The van der Waals surface area contributed by atoms with Crippen molar-refractivity contribution in [3.8, 4) is 23.3 Å². The molecule has 0 aromatic heterocycles. The molecule has 2 aromatic carbocycles. The molecular formula is C25H29NO4.